The fraction of sp³-hybridized carbons (Fsp3) is 0.607. The summed E-state index contributed by atoms with van der Waals surface area (Å²) in [5, 5.41) is 12.7. The molecule has 1 aromatic carbocycles. The first-order valence-corrected chi connectivity index (χ1v) is 15.7. The number of hydrogen-bond donors (Lipinski definition) is 2. The van der Waals surface area contributed by atoms with E-state index in [0.717, 1.165) is 13.1 Å². The van der Waals surface area contributed by atoms with E-state index in [9.17, 15) is 23.1 Å². The summed E-state index contributed by atoms with van der Waals surface area (Å²) < 4.78 is 41.0. The molecule has 42 heavy (non-hydrogen) atoms. The van der Waals surface area contributed by atoms with E-state index < -0.39 is 22.2 Å². The fourth-order valence-corrected chi connectivity index (χ4v) is 6.21. The molecular weight excluding hydrogens is 564 g/mol. The molecule has 4 rings (SSSR count). The van der Waals surface area contributed by atoms with Crippen LogP contribution in [0.3, 0.4) is 0 Å². The van der Waals surface area contributed by atoms with Gasteiger partial charge in [-0.05, 0) is 25.1 Å². The van der Waals surface area contributed by atoms with Crippen molar-refractivity contribution in [3.8, 4) is 5.75 Å². The molecule has 2 amide bonds. The van der Waals surface area contributed by atoms with Crippen LogP contribution >= 0.6 is 0 Å². The predicted molar refractivity (Wildman–Crippen MR) is 156 cm³/mol. The van der Waals surface area contributed by atoms with Gasteiger partial charge in [0.05, 0.1) is 45.2 Å². The number of aliphatic hydroxyl groups excluding tert-OH is 1. The van der Waals surface area contributed by atoms with E-state index in [0.29, 0.717) is 43.2 Å². The summed E-state index contributed by atoms with van der Waals surface area (Å²) in [5.74, 6) is -0.178. The lowest BCUT2D eigenvalue weighted by Crippen LogP contribution is -2.48. The van der Waals surface area contributed by atoms with E-state index in [4.69, 9.17) is 9.47 Å². The molecule has 13 nitrogen and oxygen atoms in total. The van der Waals surface area contributed by atoms with Gasteiger partial charge in [-0.2, -0.15) is 4.31 Å². The van der Waals surface area contributed by atoms with Crippen molar-refractivity contribution in [2.75, 3.05) is 64.9 Å². The molecular formula is C28H42N6O7S. The van der Waals surface area contributed by atoms with Crippen molar-refractivity contribution in [2.24, 2.45) is 13.0 Å². The number of fused-ring (bicyclic) bond motifs is 1. The van der Waals surface area contributed by atoms with Crippen LogP contribution < -0.4 is 10.1 Å². The minimum Gasteiger partial charge on any atom is -0.488 e. The number of rotatable bonds is 10. The van der Waals surface area contributed by atoms with Crippen molar-refractivity contribution in [3.05, 3.63) is 36.3 Å². The van der Waals surface area contributed by atoms with Gasteiger partial charge in [0.25, 0.3) is 10.0 Å². The summed E-state index contributed by atoms with van der Waals surface area (Å²) in [4.78, 5) is 34.0. The lowest BCUT2D eigenvalue weighted by Gasteiger charge is -2.33. The molecule has 232 valence electrons. The first-order chi connectivity index (χ1) is 20.0. The number of benzene rings is 1. The predicted octanol–water partition coefficient (Wildman–Crippen LogP) is 0.551. The minimum absolute atomic E-state index is 0.00131. The van der Waals surface area contributed by atoms with Crippen LogP contribution in [-0.4, -0.2) is 121 Å². The van der Waals surface area contributed by atoms with Crippen LogP contribution in [-0.2, 0) is 37.8 Å². The molecule has 0 saturated carbocycles. The Labute approximate surface area is 247 Å². The van der Waals surface area contributed by atoms with Crippen molar-refractivity contribution in [2.45, 2.75) is 43.9 Å². The Balaban J connectivity index is 1.55. The largest absolute Gasteiger partial charge is 0.488 e. The topological polar surface area (TPSA) is 147 Å². The number of aliphatic hydroxyl groups is 1. The van der Waals surface area contributed by atoms with Crippen LogP contribution in [0.2, 0.25) is 0 Å². The zero-order chi connectivity index (χ0) is 30.4. The summed E-state index contributed by atoms with van der Waals surface area (Å²) in [6, 6.07) is 4.71. The lowest BCUT2D eigenvalue weighted by molar-refractivity contribution is -0.134. The van der Waals surface area contributed by atoms with Gasteiger partial charge in [-0.25, -0.2) is 13.4 Å². The van der Waals surface area contributed by atoms with Crippen LogP contribution in [0.15, 0.2) is 35.7 Å². The molecule has 1 saturated heterocycles. The zero-order valence-electron chi connectivity index (χ0n) is 24.7. The van der Waals surface area contributed by atoms with E-state index in [1.54, 1.807) is 41.6 Å². The normalized spacial score (nSPS) is 21.2. The number of likely N-dealkylation sites (N-methyl/N-ethyl adjacent to an activating group) is 1. The first kappa shape index (κ1) is 31.9. The molecule has 14 heteroatoms. The number of anilines is 1. The molecule has 2 aliphatic rings. The monoisotopic (exact) mass is 606 g/mol. The standard InChI is InChI=1S/C28H42N6O7S/c1-20-15-34(21(2)18-35)28(37)14-22-13-23(30-26(36)7-8-33-9-11-40-12-10-33)5-6-24(22)41-25(20)16-32(4)42(38,39)27-17-31(3)19-29-27/h5-6,13,17,19-21,25,35H,7-12,14-16,18H2,1-4H3,(H,30,36)/t20-,21+,25+/m0/s1. The molecule has 0 bridgehead atoms. The number of sulfonamides is 1. The van der Waals surface area contributed by atoms with Gasteiger partial charge in [0.15, 0.2) is 5.03 Å². The Hall–Kier alpha value is -3.04. The number of imidazole rings is 1. The second kappa shape index (κ2) is 14.0. The van der Waals surface area contributed by atoms with Crippen molar-refractivity contribution in [1.29, 1.82) is 0 Å². The van der Waals surface area contributed by atoms with E-state index in [-0.39, 0.29) is 48.9 Å². The van der Waals surface area contributed by atoms with E-state index >= 15 is 0 Å². The number of aryl methyl sites for hydroxylation is 1. The van der Waals surface area contributed by atoms with Gasteiger partial charge >= 0.3 is 0 Å². The Morgan fingerprint density at radius 2 is 2.02 bits per heavy atom. The molecule has 3 atom stereocenters. The Kier molecular flexibility index (Phi) is 10.6. The average molecular weight is 607 g/mol. The third-order valence-corrected chi connectivity index (χ3v) is 9.46. The summed E-state index contributed by atoms with van der Waals surface area (Å²) in [7, 11) is -0.714. The van der Waals surface area contributed by atoms with Gasteiger partial charge in [-0.1, -0.05) is 6.92 Å². The number of ether oxygens (including phenoxy) is 2. The number of amides is 2. The van der Waals surface area contributed by atoms with Crippen LogP contribution in [0.25, 0.3) is 0 Å². The molecule has 1 aromatic heterocycles. The Morgan fingerprint density at radius 3 is 2.69 bits per heavy atom. The smallest absolute Gasteiger partial charge is 0.261 e. The van der Waals surface area contributed by atoms with Gasteiger partial charge in [0.1, 0.15) is 11.9 Å². The van der Waals surface area contributed by atoms with Gasteiger partial charge in [-0.3, -0.25) is 14.5 Å². The average Bonchev–Trinajstić information content (AvgIpc) is 3.43. The number of nitrogens with zero attached hydrogens (tertiary/aromatic N) is 5. The molecule has 0 spiro atoms. The Morgan fingerprint density at radius 1 is 1.29 bits per heavy atom. The van der Waals surface area contributed by atoms with Crippen molar-refractivity contribution < 1.29 is 32.6 Å². The lowest BCUT2D eigenvalue weighted by atomic mass is 10.0. The van der Waals surface area contributed by atoms with Crippen LogP contribution in [0.1, 0.15) is 25.8 Å². The fourth-order valence-electron chi connectivity index (χ4n) is 5.07. The van der Waals surface area contributed by atoms with Crippen LogP contribution in [0.5, 0.6) is 5.75 Å². The van der Waals surface area contributed by atoms with Gasteiger partial charge in [-0.15, -0.1) is 0 Å². The summed E-state index contributed by atoms with van der Waals surface area (Å²) in [5.41, 5.74) is 1.10. The van der Waals surface area contributed by atoms with Crippen molar-refractivity contribution in [3.63, 3.8) is 0 Å². The zero-order valence-corrected chi connectivity index (χ0v) is 25.5. The minimum atomic E-state index is -3.88. The third kappa shape index (κ3) is 7.86. The summed E-state index contributed by atoms with van der Waals surface area (Å²) in [6.07, 6.45) is 2.56. The maximum absolute atomic E-state index is 13.5. The second-order valence-corrected chi connectivity index (χ2v) is 13.1. The van der Waals surface area contributed by atoms with E-state index in [1.165, 1.54) is 23.9 Å². The molecule has 3 heterocycles. The van der Waals surface area contributed by atoms with E-state index in [2.05, 4.69) is 15.2 Å². The maximum Gasteiger partial charge on any atom is 0.261 e. The SMILES string of the molecule is C[C@H](CO)N1C[C@H](C)[C@@H](CN(C)S(=O)(=O)c2cn(C)cn2)Oc2ccc(NC(=O)CCN3CCOCC3)cc2CC1=O. The quantitative estimate of drug-likeness (QED) is 0.396. The van der Waals surface area contributed by atoms with Gasteiger partial charge in [0.2, 0.25) is 11.8 Å². The summed E-state index contributed by atoms with van der Waals surface area (Å²) >= 11 is 0. The van der Waals surface area contributed by atoms with Crippen LogP contribution in [0.4, 0.5) is 5.69 Å². The number of carbonyl (C=O) groups is 2. The Bertz CT molecular complexity index is 1340. The van der Waals surface area contributed by atoms with E-state index in [1.807, 2.05) is 6.92 Å². The van der Waals surface area contributed by atoms with Gasteiger partial charge in [0, 0.05) is 70.1 Å². The highest BCUT2D eigenvalue weighted by Crippen LogP contribution is 2.30. The third-order valence-electron chi connectivity index (χ3n) is 7.75. The number of aromatic nitrogens is 2. The number of hydrogen-bond acceptors (Lipinski definition) is 9. The molecule has 2 aliphatic heterocycles. The van der Waals surface area contributed by atoms with Crippen LogP contribution in [0, 0.1) is 5.92 Å². The number of morpholine rings is 1. The highest BCUT2D eigenvalue weighted by atomic mass is 32.2. The maximum atomic E-state index is 13.5. The molecule has 0 aliphatic carbocycles. The van der Waals surface area contributed by atoms with Gasteiger partial charge < -0.3 is 29.4 Å². The van der Waals surface area contributed by atoms with Crippen molar-refractivity contribution in [1.82, 2.24) is 23.7 Å². The highest BCUT2D eigenvalue weighted by Gasteiger charge is 2.34. The molecule has 0 unspecified atom stereocenters. The second-order valence-electron chi connectivity index (χ2n) is 11.1. The number of carbonyl (C=O) groups excluding carboxylic acids is 2. The van der Waals surface area contributed by atoms with Crippen molar-refractivity contribution >= 4 is 27.5 Å². The molecule has 1 fully saturated rings. The molecule has 0 radical (unpaired) electrons. The first-order valence-electron chi connectivity index (χ1n) is 14.2. The highest BCUT2D eigenvalue weighted by molar-refractivity contribution is 7.89. The number of nitrogens with one attached hydrogen (secondary N) is 1. The molecule has 2 N–H and O–H groups in total. The molecule has 2 aromatic rings. The summed E-state index contributed by atoms with van der Waals surface area (Å²) in [6.45, 7) is 7.27.